The molecule has 2 aromatic rings. The molecular weight excluding hydrogens is 394 g/mol. The van der Waals surface area contributed by atoms with Gasteiger partial charge in [-0.05, 0) is 62.2 Å². The fraction of sp³-hybridized carbons (Fsp3) is 0.375. The Labute approximate surface area is 183 Å². The van der Waals surface area contributed by atoms with Crippen LogP contribution in [-0.4, -0.2) is 30.4 Å². The Morgan fingerprint density at radius 1 is 0.935 bits per heavy atom. The largest absolute Gasteiger partial charge is 0.494 e. The van der Waals surface area contributed by atoms with Crippen molar-refractivity contribution in [3.05, 3.63) is 59.7 Å². The third-order valence-electron chi connectivity index (χ3n) is 4.35. The predicted molar refractivity (Wildman–Crippen MR) is 121 cm³/mol. The van der Waals surface area contributed by atoms with Crippen LogP contribution in [0.3, 0.4) is 0 Å². The van der Waals surface area contributed by atoms with E-state index in [1.165, 1.54) is 0 Å². The molecule has 0 unspecified atom stereocenters. The second kappa shape index (κ2) is 12.4. The summed E-state index contributed by atoms with van der Waals surface area (Å²) in [5.41, 5.74) is 2.14. The first-order valence-corrected chi connectivity index (χ1v) is 10.6. The summed E-state index contributed by atoms with van der Waals surface area (Å²) in [6.45, 7) is 6.80. The average Bonchev–Trinajstić information content (AvgIpc) is 2.75. The summed E-state index contributed by atoms with van der Waals surface area (Å²) in [6.07, 6.45) is 1.20. The number of urea groups is 1. The normalized spacial score (nSPS) is 10.5. The minimum atomic E-state index is -0.260. The zero-order chi connectivity index (χ0) is 22.6. The molecule has 2 rings (SSSR count). The van der Waals surface area contributed by atoms with Crippen molar-refractivity contribution in [2.24, 2.45) is 0 Å². The maximum absolute atomic E-state index is 12.3. The molecule has 3 N–H and O–H groups in total. The molecule has 0 spiro atoms. The highest BCUT2D eigenvalue weighted by Crippen LogP contribution is 2.14. The van der Waals surface area contributed by atoms with E-state index < -0.39 is 0 Å². The van der Waals surface area contributed by atoms with Crippen LogP contribution in [0.4, 0.5) is 10.5 Å². The minimum absolute atomic E-state index is 0.0561. The van der Waals surface area contributed by atoms with Crippen molar-refractivity contribution < 1.29 is 19.1 Å². The van der Waals surface area contributed by atoms with Crippen LogP contribution in [0.15, 0.2) is 48.5 Å². The lowest BCUT2D eigenvalue weighted by Gasteiger charge is -2.11. The fourth-order valence-corrected chi connectivity index (χ4v) is 2.75. The topological polar surface area (TPSA) is 96.5 Å². The number of rotatable bonds is 11. The summed E-state index contributed by atoms with van der Waals surface area (Å²) in [4.78, 5) is 36.1. The first-order chi connectivity index (χ1) is 14.9. The van der Waals surface area contributed by atoms with E-state index in [0.29, 0.717) is 24.4 Å². The smallest absolute Gasteiger partial charge is 0.319 e. The third kappa shape index (κ3) is 8.90. The van der Waals surface area contributed by atoms with E-state index in [1.807, 2.05) is 32.9 Å². The lowest BCUT2D eigenvalue weighted by molar-refractivity contribution is -0.121. The molecule has 7 nitrogen and oxygen atoms in total. The van der Waals surface area contributed by atoms with E-state index in [4.69, 9.17) is 4.74 Å². The number of ketones is 1. The number of anilines is 1. The monoisotopic (exact) mass is 425 g/mol. The molecule has 3 amide bonds. The van der Waals surface area contributed by atoms with Crippen molar-refractivity contribution in [1.29, 1.82) is 0 Å². The van der Waals surface area contributed by atoms with Crippen LogP contribution >= 0.6 is 0 Å². The van der Waals surface area contributed by atoms with Gasteiger partial charge in [-0.2, -0.15) is 0 Å². The maximum Gasteiger partial charge on any atom is 0.319 e. The van der Waals surface area contributed by atoms with E-state index in [0.717, 1.165) is 17.7 Å². The number of hydrogen-bond donors (Lipinski definition) is 3. The molecular formula is C24H31N3O4. The molecule has 0 aliphatic heterocycles. The van der Waals surface area contributed by atoms with E-state index in [1.54, 1.807) is 36.4 Å². The molecule has 0 aromatic heterocycles. The van der Waals surface area contributed by atoms with E-state index in [-0.39, 0.29) is 36.6 Å². The summed E-state index contributed by atoms with van der Waals surface area (Å²) in [5.74, 6) is 0.472. The predicted octanol–water partition coefficient (Wildman–Crippen LogP) is 4.28. The lowest BCUT2D eigenvalue weighted by atomic mass is 10.1. The summed E-state index contributed by atoms with van der Waals surface area (Å²) < 4.78 is 5.50. The number of Topliss-reactive ketones (excluding diaryl/α,β-unsaturated/α-hetero) is 1. The van der Waals surface area contributed by atoms with Gasteiger partial charge in [-0.1, -0.05) is 19.1 Å². The standard InChI is InChI=1S/C24H31N3O4/c1-4-15-31-21-11-7-19(8-12-21)22(28)13-14-23(29)25-16-18-5-9-20(10-6-18)27-24(30)26-17(2)3/h5-12,17H,4,13-16H2,1-3H3,(H,25,29)(H2,26,27,30). The van der Waals surface area contributed by atoms with Gasteiger partial charge in [0.1, 0.15) is 5.75 Å². The summed E-state index contributed by atoms with van der Waals surface area (Å²) in [7, 11) is 0. The van der Waals surface area contributed by atoms with Crippen LogP contribution in [0, 0.1) is 0 Å². The molecule has 0 bridgehead atoms. The Morgan fingerprint density at radius 3 is 2.23 bits per heavy atom. The second-order valence-corrected chi connectivity index (χ2v) is 7.52. The Morgan fingerprint density at radius 2 is 1.61 bits per heavy atom. The van der Waals surface area contributed by atoms with Crippen molar-refractivity contribution in [1.82, 2.24) is 10.6 Å². The van der Waals surface area contributed by atoms with Gasteiger partial charge in [0.2, 0.25) is 5.91 Å². The number of ether oxygens (including phenoxy) is 1. The van der Waals surface area contributed by atoms with Crippen LogP contribution in [0.5, 0.6) is 5.75 Å². The number of benzene rings is 2. The zero-order valence-corrected chi connectivity index (χ0v) is 18.4. The van der Waals surface area contributed by atoms with Crippen LogP contribution in [0.25, 0.3) is 0 Å². The highest BCUT2D eigenvalue weighted by Gasteiger charge is 2.10. The van der Waals surface area contributed by atoms with Crippen molar-refractivity contribution in [3.8, 4) is 5.75 Å². The first kappa shape index (κ1) is 23.9. The molecule has 0 saturated heterocycles. The van der Waals surface area contributed by atoms with Gasteiger partial charge in [0.05, 0.1) is 6.61 Å². The van der Waals surface area contributed by atoms with Crippen molar-refractivity contribution in [2.45, 2.75) is 52.6 Å². The van der Waals surface area contributed by atoms with Crippen molar-refractivity contribution >= 4 is 23.4 Å². The Kier molecular flexibility index (Phi) is 9.55. The number of nitrogens with one attached hydrogen (secondary N) is 3. The van der Waals surface area contributed by atoms with Crippen LogP contribution < -0.4 is 20.7 Å². The van der Waals surface area contributed by atoms with Gasteiger partial charge in [-0.15, -0.1) is 0 Å². The number of carbonyl (C=O) groups excluding carboxylic acids is 3. The van der Waals surface area contributed by atoms with Gasteiger partial charge < -0.3 is 20.7 Å². The molecule has 31 heavy (non-hydrogen) atoms. The molecule has 0 aliphatic carbocycles. The van der Waals surface area contributed by atoms with Gasteiger partial charge in [0.15, 0.2) is 5.78 Å². The third-order valence-corrected chi connectivity index (χ3v) is 4.35. The second-order valence-electron chi connectivity index (χ2n) is 7.52. The zero-order valence-electron chi connectivity index (χ0n) is 18.4. The molecule has 166 valence electrons. The molecule has 0 aliphatic rings. The molecule has 0 heterocycles. The van der Waals surface area contributed by atoms with Gasteiger partial charge in [-0.3, -0.25) is 9.59 Å². The van der Waals surface area contributed by atoms with E-state index in [9.17, 15) is 14.4 Å². The van der Waals surface area contributed by atoms with Crippen LogP contribution in [0.1, 0.15) is 56.0 Å². The fourth-order valence-electron chi connectivity index (χ4n) is 2.75. The molecule has 0 atom stereocenters. The Bertz CT molecular complexity index is 861. The van der Waals surface area contributed by atoms with Gasteiger partial charge in [0, 0.05) is 36.7 Å². The Hall–Kier alpha value is -3.35. The Balaban J connectivity index is 1.72. The summed E-state index contributed by atoms with van der Waals surface area (Å²) in [6, 6.07) is 14.0. The average molecular weight is 426 g/mol. The van der Waals surface area contributed by atoms with Crippen LogP contribution in [-0.2, 0) is 11.3 Å². The van der Waals surface area contributed by atoms with Crippen molar-refractivity contribution in [3.63, 3.8) is 0 Å². The molecule has 0 fully saturated rings. The number of hydrogen-bond acceptors (Lipinski definition) is 4. The lowest BCUT2D eigenvalue weighted by Crippen LogP contribution is -2.34. The quantitative estimate of drug-likeness (QED) is 0.468. The number of carbonyl (C=O) groups is 3. The first-order valence-electron chi connectivity index (χ1n) is 10.6. The van der Waals surface area contributed by atoms with Gasteiger partial charge in [-0.25, -0.2) is 4.79 Å². The van der Waals surface area contributed by atoms with E-state index >= 15 is 0 Å². The van der Waals surface area contributed by atoms with Crippen LogP contribution in [0.2, 0.25) is 0 Å². The van der Waals surface area contributed by atoms with Gasteiger partial charge in [0.25, 0.3) is 0 Å². The highest BCUT2D eigenvalue weighted by atomic mass is 16.5. The minimum Gasteiger partial charge on any atom is -0.494 e. The van der Waals surface area contributed by atoms with Crippen molar-refractivity contribution in [2.75, 3.05) is 11.9 Å². The molecule has 2 aromatic carbocycles. The summed E-state index contributed by atoms with van der Waals surface area (Å²) in [5, 5.41) is 8.31. The van der Waals surface area contributed by atoms with Gasteiger partial charge >= 0.3 is 6.03 Å². The molecule has 0 saturated carbocycles. The highest BCUT2D eigenvalue weighted by molar-refractivity contribution is 5.98. The molecule has 0 radical (unpaired) electrons. The molecule has 7 heteroatoms. The number of amides is 3. The SMILES string of the molecule is CCCOc1ccc(C(=O)CCC(=O)NCc2ccc(NC(=O)NC(C)C)cc2)cc1. The summed E-state index contributed by atoms with van der Waals surface area (Å²) >= 11 is 0. The maximum atomic E-state index is 12.3. The van der Waals surface area contributed by atoms with E-state index in [2.05, 4.69) is 16.0 Å².